The largest absolute Gasteiger partial charge is 0.495 e. The molecule has 1 saturated carbocycles. The third-order valence-corrected chi connectivity index (χ3v) is 4.69. The first-order chi connectivity index (χ1) is 9.97. The van der Waals surface area contributed by atoms with E-state index in [9.17, 15) is 13.2 Å². The summed E-state index contributed by atoms with van der Waals surface area (Å²) < 4.78 is 32.3. The van der Waals surface area contributed by atoms with Gasteiger partial charge in [0.1, 0.15) is 10.6 Å². The highest BCUT2D eigenvalue weighted by atomic mass is 32.2. The molecule has 7 heteroatoms. The molecule has 6 nitrogen and oxygen atoms in total. The number of rotatable bonds is 7. The van der Waals surface area contributed by atoms with Gasteiger partial charge in [-0.3, -0.25) is 4.79 Å². The molecule has 1 amide bonds. The van der Waals surface area contributed by atoms with Gasteiger partial charge in [0.25, 0.3) is 5.91 Å². The monoisotopic (exact) mass is 312 g/mol. The molecule has 1 aromatic rings. The number of carbonyl (C=O) groups is 1. The Morgan fingerprint density at radius 1 is 1.38 bits per heavy atom. The Morgan fingerprint density at radius 2 is 2.10 bits per heavy atom. The number of benzene rings is 1. The average molecular weight is 312 g/mol. The summed E-state index contributed by atoms with van der Waals surface area (Å²) in [5, 5.41) is 2.72. The van der Waals surface area contributed by atoms with Crippen molar-refractivity contribution in [1.82, 2.24) is 10.0 Å². The molecule has 21 heavy (non-hydrogen) atoms. The van der Waals surface area contributed by atoms with Crippen molar-refractivity contribution in [3.63, 3.8) is 0 Å². The number of carbonyl (C=O) groups excluding carboxylic acids is 1. The first kappa shape index (κ1) is 15.8. The molecule has 0 saturated heterocycles. The van der Waals surface area contributed by atoms with Crippen LogP contribution in [0.25, 0.3) is 0 Å². The predicted molar refractivity (Wildman–Crippen MR) is 79.0 cm³/mol. The van der Waals surface area contributed by atoms with E-state index >= 15 is 0 Å². The van der Waals surface area contributed by atoms with Gasteiger partial charge in [0.15, 0.2) is 0 Å². The van der Waals surface area contributed by atoms with Gasteiger partial charge in [-0.05, 0) is 37.5 Å². The van der Waals surface area contributed by atoms with E-state index in [0.29, 0.717) is 12.1 Å². The smallest absolute Gasteiger partial charge is 0.251 e. The summed E-state index contributed by atoms with van der Waals surface area (Å²) in [4.78, 5) is 12.0. The first-order valence-corrected chi connectivity index (χ1v) is 8.45. The number of hydrogen-bond acceptors (Lipinski definition) is 4. The molecular formula is C14H20N2O4S. The standard InChI is InChI=1S/C14H20N2O4S/c1-3-8-15-14(17)10-4-7-12(20-2)13(9-10)21(18,19)16-11-5-6-11/h4,7,9,11,16H,3,5-6,8H2,1-2H3,(H,15,17). The van der Waals surface area contributed by atoms with Crippen molar-refractivity contribution in [2.45, 2.75) is 37.1 Å². The molecule has 0 radical (unpaired) electrons. The fourth-order valence-electron chi connectivity index (χ4n) is 1.85. The van der Waals surface area contributed by atoms with Gasteiger partial charge in [-0.25, -0.2) is 13.1 Å². The van der Waals surface area contributed by atoms with Crippen LogP contribution in [0.5, 0.6) is 5.75 Å². The zero-order valence-corrected chi connectivity index (χ0v) is 13.0. The van der Waals surface area contributed by atoms with Crippen LogP contribution in [0, 0.1) is 0 Å². The van der Waals surface area contributed by atoms with Gasteiger partial charge in [-0.1, -0.05) is 6.92 Å². The third-order valence-electron chi connectivity index (χ3n) is 3.15. The van der Waals surface area contributed by atoms with E-state index in [1.807, 2.05) is 6.92 Å². The number of amides is 1. The van der Waals surface area contributed by atoms with Gasteiger partial charge in [-0.2, -0.15) is 0 Å². The van der Waals surface area contributed by atoms with Gasteiger partial charge >= 0.3 is 0 Å². The van der Waals surface area contributed by atoms with Gasteiger partial charge in [0, 0.05) is 18.2 Å². The number of sulfonamides is 1. The van der Waals surface area contributed by atoms with Crippen molar-refractivity contribution in [2.24, 2.45) is 0 Å². The second-order valence-electron chi connectivity index (χ2n) is 5.02. The van der Waals surface area contributed by atoms with Crippen LogP contribution in [0.3, 0.4) is 0 Å². The molecule has 1 aliphatic carbocycles. The Bertz CT molecular complexity index is 624. The lowest BCUT2D eigenvalue weighted by Crippen LogP contribution is -2.27. The van der Waals surface area contributed by atoms with E-state index in [-0.39, 0.29) is 22.6 Å². The predicted octanol–water partition coefficient (Wildman–Crippen LogP) is 1.28. The third kappa shape index (κ3) is 3.95. The molecule has 116 valence electrons. The van der Waals surface area contributed by atoms with E-state index in [2.05, 4.69) is 10.0 Å². The molecule has 1 fully saturated rings. The van der Waals surface area contributed by atoms with Crippen LogP contribution in [-0.2, 0) is 10.0 Å². The van der Waals surface area contributed by atoms with Crippen molar-refractivity contribution >= 4 is 15.9 Å². The summed E-state index contributed by atoms with van der Waals surface area (Å²) in [5.74, 6) is -0.0578. The number of ether oxygens (including phenoxy) is 1. The second-order valence-corrected chi connectivity index (χ2v) is 6.70. The van der Waals surface area contributed by atoms with Crippen molar-refractivity contribution in [1.29, 1.82) is 0 Å². The first-order valence-electron chi connectivity index (χ1n) is 6.96. The Hall–Kier alpha value is -1.60. The van der Waals surface area contributed by atoms with Crippen molar-refractivity contribution in [3.05, 3.63) is 23.8 Å². The Morgan fingerprint density at radius 3 is 2.67 bits per heavy atom. The van der Waals surface area contributed by atoms with Crippen LogP contribution < -0.4 is 14.8 Å². The minimum Gasteiger partial charge on any atom is -0.495 e. The van der Waals surface area contributed by atoms with Crippen LogP contribution in [0.2, 0.25) is 0 Å². The molecule has 0 unspecified atom stereocenters. The lowest BCUT2D eigenvalue weighted by Gasteiger charge is -2.12. The summed E-state index contributed by atoms with van der Waals surface area (Å²) >= 11 is 0. The normalized spacial score (nSPS) is 14.8. The summed E-state index contributed by atoms with van der Waals surface area (Å²) in [7, 11) is -2.27. The summed E-state index contributed by atoms with van der Waals surface area (Å²) in [6.45, 7) is 2.50. The van der Waals surface area contributed by atoms with E-state index in [0.717, 1.165) is 19.3 Å². The molecule has 0 heterocycles. The fourth-order valence-corrected chi connectivity index (χ4v) is 3.35. The minimum atomic E-state index is -3.67. The average Bonchev–Trinajstić information content (AvgIpc) is 3.27. The van der Waals surface area contributed by atoms with Crippen molar-refractivity contribution < 1.29 is 17.9 Å². The van der Waals surface area contributed by atoms with Crippen LogP contribution in [0.15, 0.2) is 23.1 Å². The van der Waals surface area contributed by atoms with Gasteiger partial charge < -0.3 is 10.1 Å². The molecule has 2 rings (SSSR count). The van der Waals surface area contributed by atoms with E-state index in [1.54, 1.807) is 6.07 Å². The van der Waals surface area contributed by atoms with Crippen LogP contribution in [-0.4, -0.2) is 34.0 Å². The summed E-state index contributed by atoms with van der Waals surface area (Å²) in [6.07, 6.45) is 2.51. The highest BCUT2D eigenvalue weighted by molar-refractivity contribution is 7.89. The van der Waals surface area contributed by atoms with Crippen LogP contribution in [0.1, 0.15) is 36.5 Å². The maximum atomic E-state index is 12.3. The van der Waals surface area contributed by atoms with Gasteiger partial charge in [0.05, 0.1) is 7.11 Å². The second kappa shape index (κ2) is 6.44. The molecule has 0 spiro atoms. The Kier molecular flexibility index (Phi) is 4.84. The fraction of sp³-hybridized carbons (Fsp3) is 0.500. The van der Waals surface area contributed by atoms with Crippen LogP contribution >= 0.6 is 0 Å². The molecule has 0 aliphatic heterocycles. The zero-order valence-electron chi connectivity index (χ0n) is 12.2. The van der Waals surface area contributed by atoms with Crippen LogP contribution in [0.4, 0.5) is 0 Å². The molecule has 1 aromatic carbocycles. The number of methoxy groups -OCH3 is 1. The number of nitrogens with one attached hydrogen (secondary N) is 2. The summed E-state index contributed by atoms with van der Waals surface area (Å²) in [5.41, 5.74) is 0.306. The Balaban J connectivity index is 2.31. The molecule has 2 N–H and O–H groups in total. The Labute approximate surface area is 124 Å². The maximum Gasteiger partial charge on any atom is 0.251 e. The topological polar surface area (TPSA) is 84.5 Å². The van der Waals surface area contributed by atoms with Gasteiger partial charge in [-0.15, -0.1) is 0 Å². The lowest BCUT2D eigenvalue weighted by atomic mass is 10.2. The van der Waals surface area contributed by atoms with Crippen molar-refractivity contribution in [2.75, 3.05) is 13.7 Å². The SMILES string of the molecule is CCCNC(=O)c1ccc(OC)c(S(=O)(=O)NC2CC2)c1. The maximum absolute atomic E-state index is 12.3. The quantitative estimate of drug-likeness (QED) is 0.794. The number of hydrogen-bond donors (Lipinski definition) is 2. The minimum absolute atomic E-state index is 0.000971. The summed E-state index contributed by atoms with van der Waals surface area (Å²) in [6, 6.07) is 4.41. The molecule has 0 atom stereocenters. The van der Waals surface area contributed by atoms with E-state index in [1.165, 1.54) is 19.2 Å². The molecular weight excluding hydrogens is 292 g/mol. The molecule has 0 aromatic heterocycles. The van der Waals surface area contributed by atoms with Crippen molar-refractivity contribution in [3.8, 4) is 5.75 Å². The highest BCUT2D eigenvalue weighted by Crippen LogP contribution is 2.28. The molecule has 1 aliphatic rings. The zero-order chi connectivity index (χ0) is 15.5. The van der Waals surface area contributed by atoms with Gasteiger partial charge in [0.2, 0.25) is 10.0 Å². The molecule has 0 bridgehead atoms. The van der Waals surface area contributed by atoms with E-state index in [4.69, 9.17) is 4.74 Å². The highest BCUT2D eigenvalue weighted by Gasteiger charge is 2.30. The van der Waals surface area contributed by atoms with E-state index < -0.39 is 10.0 Å². The lowest BCUT2D eigenvalue weighted by molar-refractivity contribution is 0.0953.